The van der Waals surface area contributed by atoms with Gasteiger partial charge in [-0.3, -0.25) is 4.98 Å². The monoisotopic (exact) mass is 295 g/mol. The topological polar surface area (TPSA) is 12.9 Å². The number of pyridine rings is 1. The van der Waals surface area contributed by atoms with E-state index in [-0.39, 0.29) is 0 Å². The molecule has 2 aromatic rings. The number of hydrogen-bond acceptors (Lipinski definition) is 1. The van der Waals surface area contributed by atoms with Gasteiger partial charge < -0.3 is 0 Å². The van der Waals surface area contributed by atoms with E-state index in [1.165, 1.54) is 14.7 Å². The molecule has 0 aliphatic carbocycles. The molecule has 0 aliphatic rings. The Morgan fingerprint density at radius 2 is 1.93 bits per heavy atom. The maximum absolute atomic E-state index is 4.37. The molecule has 0 bridgehead atoms. The highest BCUT2D eigenvalue weighted by molar-refractivity contribution is 14.1. The van der Waals surface area contributed by atoms with Gasteiger partial charge in [-0.25, -0.2) is 0 Å². The van der Waals surface area contributed by atoms with Crippen LogP contribution in [0, 0.1) is 10.5 Å². The van der Waals surface area contributed by atoms with E-state index in [1.54, 1.807) is 0 Å². The fourth-order valence-electron chi connectivity index (χ4n) is 1.35. The van der Waals surface area contributed by atoms with E-state index in [0.29, 0.717) is 0 Å². The number of halogens is 1. The molecule has 1 aromatic heterocycles. The Bertz CT molecular complexity index is 452. The SMILES string of the molecule is Cc1ccnc(-c2ccccc2I)c1. The zero-order valence-corrected chi connectivity index (χ0v) is 10.0. The van der Waals surface area contributed by atoms with E-state index in [0.717, 1.165) is 5.69 Å². The minimum absolute atomic E-state index is 1.05. The average Bonchev–Trinajstić information content (AvgIpc) is 2.18. The Labute approximate surface area is 97.3 Å². The van der Waals surface area contributed by atoms with E-state index in [2.05, 4.69) is 52.7 Å². The summed E-state index contributed by atoms with van der Waals surface area (Å²) in [7, 11) is 0. The van der Waals surface area contributed by atoms with Gasteiger partial charge in [-0.2, -0.15) is 0 Å². The number of benzene rings is 1. The van der Waals surface area contributed by atoms with Crippen molar-refractivity contribution in [2.75, 3.05) is 0 Å². The zero-order chi connectivity index (χ0) is 9.97. The molecule has 70 valence electrons. The van der Waals surface area contributed by atoms with Crippen molar-refractivity contribution >= 4 is 22.6 Å². The molecule has 0 spiro atoms. The number of aromatic nitrogens is 1. The van der Waals surface area contributed by atoms with Gasteiger partial charge in [-0.05, 0) is 53.3 Å². The molecule has 2 rings (SSSR count). The summed E-state index contributed by atoms with van der Waals surface area (Å²) in [6, 6.07) is 12.4. The van der Waals surface area contributed by atoms with Crippen LogP contribution in [0.15, 0.2) is 42.6 Å². The summed E-state index contributed by atoms with van der Waals surface area (Å²) in [6.45, 7) is 2.08. The standard InChI is InChI=1S/C12H10IN/c1-9-6-7-14-12(8-9)10-4-2-3-5-11(10)13/h2-8H,1H3. The van der Waals surface area contributed by atoms with Crippen LogP contribution in [-0.4, -0.2) is 4.98 Å². The third-order valence-corrected chi connectivity index (χ3v) is 3.01. The minimum Gasteiger partial charge on any atom is -0.256 e. The van der Waals surface area contributed by atoms with Crippen LogP contribution in [0.25, 0.3) is 11.3 Å². The predicted molar refractivity (Wildman–Crippen MR) is 67.1 cm³/mol. The van der Waals surface area contributed by atoms with Crippen molar-refractivity contribution in [3.63, 3.8) is 0 Å². The number of hydrogen-bond donors (Lipinski definition) is 0. The van der Waals surface area contributed by atoms with Crippen LogP contribution >= 0.6 is 22.6 Å². The van der Waals surface area contributed by atoms with Gasteiger partial charge in [0.05, 0.1) is 5.69 Å². The van der Waals surface area contributed by atoms with Crippen LogP contribution in [0.1, 0.15) is 5.56 Å². The first-order chi connectivity index (χ1) is 6.77. The third kappa shape index (κ3) is 1.95. The lowest BCUT2D eigenvalue weighted by molar-refractivity contribution is 1.28. The molecule has 0 amide bonds. The van der Waals surface area contributed by atoms with Crippen LogP contribution in [0.4, 0.5) is 0 Å². The quantitative estimate of drug-likeness (QED) is 0.732. The summed E-state index contributed by atoms with van der Waals surface area (Å²) in [5.74, 6) is 0. The first-order valence-electron chi connectivity index (χ1n) is 4.45. The predicted octanol–water partition coefficient (Wildman–Crippen LogP) is 3.66. The largest absolute Gasteiger partial charge is 0.256 e. The molecule has 1 heterocycles. The summed E-state index contributed by atoms with van der Waals surface area (Å²) in [5, 5.41) is 0. The zero-order valence-electron chi connectivity index (χ0n) is 7.87. The van der Waals surface area contributed by atoms with Gasteiger partial charge in [0.15, 0.2) is 0 Å². The van der Waals surface area contributed by atoms with E-state index in [4.69, 9.17) is 0 Å². The van der Waals surface area contributed by atoms with Gasteiger partial charge in [0.25, 0.3) is 0 Å². The van der Waals surface area contributed by atoms with Crippen molar-refractivity contribution in [3.05, 3.63) is 51.7 Å². The van der Waals surface area contributed by atoms with Gasteiger partial charge in [-0.1, -0.05) is 18.2 Å². The van der Waals surface area contributed by atoms with E-state index in [9.17, 15) is 0 Å². The maximum atomic E-state index is 4.37. The highest BCUT2D eigenvalue weighted by Crippen LogP contribution is 2.23. The van der Waals surface area contributed by atoms with Crippen LogP contribution in [0.3, 0.4) is 0 Å². The maximum Gasteiger partial charge on any atom is 0.0715 e. The van der Waals surface area contributed by atoms with Crippen molar-refractivity contribution in [1.82, 2.24) is 4.98 Å². The van der Waals surface area contributed by atoms with Crippen LogP contribution in [0.2, 0.25) is 0 Å². The molecule has 0 aliphatic heterocycles. The van der Waals surface area contributed by atoms with Gasteiger partial charge in [-0.15, -0.1) is 0 Å². The summed E-state index contributed by atoms with van der Waals surface area (Å²) in [4.78, 5) is 4.37. The molecular formula is C12H10IN. The van der Waals surface area contributed by atoms with Crippen molar-refractivity contribution in [3.8, 4) is 11.3 Å². The van der Waals surface area contributed by atoms with Crippen molar-refractivity contribution < 1.29 is 0 Å². The lowest BCUT2D eigenvalue weighted by atomic mass is 10.1. The molecule has 0 atom stereocenters. The number of aryl methyl sites for hydroxylation is 1. The molecule has 0 saturated heterocycles. The fourth-order valence-corrected chi connectivity index (χ4v) is 2.02. The molecule has 0 unspecified atom stereocenters. The van der Waals surface area contributed by atoms with Gasteiger partial charge >= 0.3 is 0 Å². The Morgan fingerprint density at radius 1 is 1.14 bits per heavy atom. The molecule has 1 aromatic carbocycles. The second kappa shape index (κ2) is 4.09. The normalized spacial score (nSPS) is 10.1. The molecule has 2 heteroatoms. The van der Waals surface area contributed by atoms with Crippen LogP contribution < -0.4 is 0 Å². The molecule has 14 heavy (non-hydrogen) atoms. The molecule has 0 saturated carbocycles. The lowest BCUT2D eigenvalue weighted by Crippen LogP contribution is -1.86. The van der Waals surface area contributed by atoms with Crippen molar-refractivity contribution in [1.29, 1.82) is 0 Å². The van der Waals surface area contributed by atoms with Crippen molar-refractivity contribution in [2.45, 2.75) is 6.92 Å². The molecule has 0 fully saturated rings. The number of nitrogens with zero attached hydrogens (tertiary/aromatic N) is 1. The second-order valence-corrected chi connectivity index (χ2v) is 4.36. The highest BCUT2D eigenvalue weighted by atomic mass is 127. The summed E-state index contributed by atoms with van der Waals surface area (Å²) >= 11 is 2.34. The first-order valence-corrected chi connectivity index (χ1v) is 5.53. The Kier molecular flexibility index (Phi) is 2.82. The Hall–Kier alpha value is -0.900. The summed E-state index contributed by atoms with van der Waals surface area (Å²) < 4.78 is 1.24. The summed E-state index contributed by atoms with van der Waals surface area (Å²) in [5.41, 5.74) is 3.50. The number of rotatable bonds is 1. The lowest BCUT2D eigenvalue weighted by Gasteiger charge is -2.03. The van der Waals surface area contributed by atoms with Gasteiger partial charge in [0.2, 0.25) is 0 Å². The van der Waals surface area contributed by atoms with Crippen LogP contribution in [-0.2, 0) is 0 Å². The molecule has 0 N–H and O–H groups in total. The Balaban J connectivity index is 2.55. The van der Waals surface area contributed by atoms with Crippen molar-refractivity contribution in [2.24, 2.45) is 0 Å². The van der Waals surface area contributed by atoms with Crippen LogP contribution in [0.5, 0.6) is 0 Å². The fraction of sp³-hybridized carbons (Fsp3) is 0.0833. The Morgan fingerprint density at radius 3 is 2.64 bits per heavy atom. The van der Waals surface area contributed by atoms with Gasteiger partial charge in [0, 0.05) is 15.3 Å². The van der Waals surface area contributed by atoms with E-state index >= 15 is 0 Å². The average molecular weight is 295 g/mol. The van der Waals surface area contributed by atoms with E-state index < -0.39 is 0 Å². The molecular weight excluding hydrogens is 285 g/mol. The van der Waals surface area contributed by atoms with Gasteiger partial charge in [0.1, 0.15) is 0 Å². The summed E-state index contributed by atoms with van der Waals surface area (Å²) in [6.07, 6.45) is 1.85. The highest BCUT2D eigenvalue weighted by Gasteiger charge is 2.02. The van der Waals surface area contributed by atoms with E-state index in [1.807, 2.05) is 24.4 Å². The molecule has 0 radical (unpaired) electrons. The second-order valence-electron chi connectivity index (χ2n) is 3.20. The smallest absolute Gasteiger partial charge is 0.0715 e. The molecule has 1 nitrogen and oxygen atoms in total. The third-order valence-electron chi connectivity index (χ3n) is 2.07. The first kappa shape index (κ1) is 9.65. The minimum atomic E-state index is 1.05.